The van der Waals surface area contributed by atoms with Crippen molar-refractivity contribution in [2.45, 2.75) is 30.8 Å². The molecule has 0 rings (SSSR count). The molecule has 10 heavy (non-hydrogen) atoms. The standard InChI is InChI=1S/C6H13F2NS/c1-5(2,3)10-6(7,8)4-9/h4,9H2,1-3H3. The lowest BCUT2D eigenvalue weighted by Crippen LogP contribution is -2.29. The van der Waals surface area contributed by atoms with Crippen LogP contribution in [0.2, 0.25) is 0 Å². The van der Waals surface area contributed by atoms with Crippen LogP contribution in [0.25, 0.3) is 0 Å². The molecule has 0 unspecified atom stereocenters. The number of alkyl halides is 2. The normalized spacial score (nSPS) is 13.8. The van der Waals surface area contributed by atoms with Gasteiger partial charge < -0.3 is 5.73 Å². The van der Waals surface area contributed by atoms with Gasteiger partial charge in [-0.2, -0.15) is 8.78 Å². The van der Waals surface area contributed by atoms with Crippen molar-refractivity contribution in [2.75, 3.05) is 6.54 Å². The van der Waals surface area contributed by atoms with E-state index in [4.69, 9.17) is 5.73 Å². The van der Waals surface area contributed by atoms with Crippen LogP contribution in [0.5, 0.6) is 0 Å². The first-order valence-electron chi connectivity index (χ1n) is 3.05. The minimum atomic E-state index is -2.78. The molecule has 0 radical (unpaired) electrons. The first kappa shape index (κ1) is 10.2. The number of nitrogens with two attached hydrogens (primary N) is 1. The summed E-state index contributed by atoms with van der Waals surface area (Å²) in [6.45, 7) is 4.62. The summed E-state index contributed by atoms with van der Waals surface area (Å²) in [5.41, 5.74) is 4.84. The number of thioether (sulfide) groups is 1. The molecule has 0 saturated heterocycles. The smallest absolute Gasteiger partial charge is 0.306 e. The molecule has 4 heteroatoms. The van der Waals surface area contributed by atoms with E-state index in [2.05, 4.69) is 0 Å². The van der Waals surface area contributed by atoms with Crippen molar-refractivity contribution in [3.8, 4) is 0 Å². The van der Waals surface area contributed by atoms with Gasteiger partial charge in [-0.15, -0.1) is 0 Å². The molecule has 0 aliphatic rings. The van der Waals surface area contributed by atoms with Gasteiger partial charge in [0.2, 0.25) is 0 Å². The third kappa shape index (κ3) is 4.99. The number of hydrogen-bond donors (Lipinski definition) is 1. The van der Waals surface area contributed by atoms with Crippen molar-refractivity contribution < 1.29 is 8.78 Å². The van der Waals surface area contributed by atoms with Gasteiger partial charge in [-0.3, -0.25) is 0 Å². The van der Waals surface area contributed by atoms with Gasteiger partial charge in [-0.1, -0.05) is 32.5 Å². The fourth-order valence-electron chi connectivity index (χ4n) is 0.490. The molecule has 0 heterocycles. The molecule has 0 bridgehead atoms. The van der Waals surface area contributed by atoms with Crippen molar-refractivity contribution in [2.24, 2.45) is 5.73 Å². The van der Waals surface area contributed by atoms with Crippen LogP contribution in [0.1, 0.15) is 20.8 Å². The summed E-state index contributed by atoms with van der Waals surface area (Å²) >= 11 is 0.601. The largest absolute Gasteiger partial charge is 0.324 e. The Morgan fingerprint density at radius 1 is 1.30 bits per heavy atom. The van der Waals surface area contributed by atoms with Crippen LogP contribution in [-0.2, 0) is 0 Å². The molecule has 0 saturated carbocycles. The van der Waals surface area contributed by atoms with E-state index < -0.39 is 16.5 Å². The SMILES string of the molecule is CC(C)(C)SC(F)(F)CN. The quantitative estimate of drug-likeness (QED) is 0.684. The second-order valence-corrected chi connectivity index (χ2v) is 5.08. The van der Waals surface area contributed by atoms with E-state index in [-0.39, 0.29) is 0 Å². The highest BCUT2D eigenvalue weighted by Crippen LogP contribution is 2.37. The third-order valence-corrected chi connectivity index (χ3v) is 1.77. The van der Waals surface area contributed by atoms with E-state index in [1.165, 1.54) is 0 Å². The summed E-state index contributed by atoms with van der Waals surface area (Å²) in [4.78, 5) is 0. The Morgan fingerprint density at radius 3 is 1.80 bits per heavy atom. The van der Waals surface area contributed by atoms with Crippen molar-refractivity contribution in [1.29, 1.82) is 0 Å². The van der Waals surface area contributed by atoms with E-state index in [1.54, 1.807) is 20.8 Å². The van der Waals surface area contributed by atoms with Crippen LogP contribution < -0.4 is 5.73 Å². The zero-order valence-corrected chi connectivity index (χ0v) is 7.27. The Bertz CT molecular complexity index is 109. The molecule has 0 amide bonds. The highest BCUT2D eigenvalue weighted by molar-refractivity contribution is 8.01. The first-order chi connectivity index (χ1) is 4.27. The van der Waals surface area contributed by atoms with E-state index in [9.17, 15) is 8.78 Å². The van der Waals surface area contributed by atoms with Crippen LogP contribution >= 0.6 is 11.8 Å². The van der Waals surface area contributed by atoms with E-state index in [0.29, 0.717) is 11.8 Å². The van der Waals surface area contributed by atoms with Crippen LogP contribution in [0.3, 0.4) is 0 Å². The average Bonchev–Trinajstić information content (AvgIpc) is 1.60. The summed E-state index contributed by atoms with van der Waals surface area (Å²) < 4.78 is 24.5. The molecule has 0 fully saturated rings. The second kappa shape index (κ2) is 3.05. The predicted octanol–water partition coefficient (Wildman–Crippen LogP) is 2.07. The molecule has 0 aromatic rings. The van der Waals surface area contributed by atoms with Gasteiger partial charge in [0, 0.05) is 4.75 Å². The van der Waals surface area contributed by atoms with Crippen molar-refractivity contribution in [1.82, 2.24) is 0 Å². The Balaban J connectivity index is 3.89. The maximum atomic E-state index is 12.5. The zero-order valence-electron chi connectivity index (χ0n) is 6.45. The summed E-state index contributed by atoms with van der Waals surface area (Å²) in [5.74, 6) is 0. The predicted molar refractivity (Wildman–Crippen MR) is 41.3 cm³/mol. The molecule has 0 aliphatic carbocycles. The molecule has 0 atom stereocenters. The molecular weight excluding hydrogens is 156 g/mol. The average molecular weight is 169 g/mol. The monoisotopic (exact) mass is 169 g/mol. The Morgan fingerprint density at radius 2 is 1.70 bits per heavy atom. The van der Waals surface area contributed by atoms with Gasteiger partial charge in [0.25, 0.3) is 0 Å². The summed E-state index contributed by atoms with van der Waals surface area (Å²) in [6, 6.07) is 0. The summed E-state index contributed by atoms with van der Waals surface area (Å²) in [7, 11) is 0. The highest BCUT2D eigenvalue weighted by atomic mass is 32.2. The summed E-state index contributed by atoms with van der Waals surface area (Å²) in [6.07, 6.45) is 0. The topological polar surface area (TPSA) is 26.0 Å². The van der Waals surface area contributed by atoms with E-state index in [1.807, 2.05) is 0 Å². The van der Waals surface area contributed by atoms with Gasteiger partial charge in [0.05, 0.1) is 6.54 Å². The van der Waals surface area contributed by atoms with Crippen LogP contribution in [0.15, 0.2) is 0 Å². The number of halogens is 2. The molecular formula is C6H13F2NS. The van der Waals surface area contributed by atoms with E-state index in [0.717, 1.165) is 0 Å². The number of rotatable bonds is 2. The lowest BCUT2D eigenvalue weighted by Gasteiger charge is -2.23. The van der Waals surface area contributed by atoms with E-state index >= 15 is 0 Å². The lowest BCUT2D eigenvalue weighted by molar-refractivity contribution is 0.114. The first-order valence-corrected chi connectivity index (χ1v) is 3.86. The zero-order chi connectivity index (χ0) is 8.41. The van der Waals surface area contributed by atoms with Crippen molar-refractivity contribution in [3.63, 3.8) is 0 Å². The van der Waals surface area contributed by atoms with Gasteiger partial charge in [0.1, 0.15) is 0 Å². The Kier molecular flexibility index (Phi) is 3.10. The Labute approximate surface area is 64.4 Å². The molecule has 0 aromatic carbocycles. The van der Waals surface area contributed by atoms with Crippen molar-refractivity contribution >= 4 is 11.8 Å². The van der Waals surface area contributed by atoms with Crippen LogP contribution in [0, 0.1) is 0 Å². The van der Waals surface area contributed by atoms with Crippen LogP contribution in [0.4, 0.5) is 8.78 Å². The van der Waals surface area contributed by atoms with Gasteiger partial charge in [-0.25, -0.2) is 0 Å². The maximum absolute atomic E-state index is 12.5. The minimum absolute atomic E-state index is 0.428. The third-order valence-electron chi connectivity index (χ3n) is 0.693. The fraction of sp³-hybridized carbons (Fsp3) is 1.00. The highest BCUT2D eigenvalue weighted by Gasteiger charge is 2.33. The fourth-order valence-corrected chi connectivity index (χ4v) is 1.47. The van der Waals surface area contributed by atoms with Crippen LogP contribution in [-0.4, -0.2) is 16.5 Å². The molecule has 0 aliphatic heterocycles. The molecule has 0 aromatic heterocycles. The Hall–Kier alpha value is 0.170. The van der Waals surface area contributed by atoms with Gasteiger partial charge in [0.15, 0.2) is 0 Å². The number of hydrogen-bond acceptors (Lipinski definition) is 2. The lowest BCUT2D eigenvalue weighted by atomic mass is 10.3. The molecule has 62 valence electrons. The minimum Gasteiger partial charge on any atom is -0.324 e. The second-order valence-electron chi connectivity index (χ2n) is 3.06. The summed E-state index contributed by atoms with van der Waals surface area (Å²) in [5, 5.41) is -2.78. The maximum Gasteiger partial charge on any atom is 0.306 e. The van der Waals surface area contributed by atoms with Crippen molar-refractivity contribution in [3.05, 3.63) is 0 Å². The molecule has 2 N–H and O–H groups in total. The van der Waals surface area contributed by atoms with Gasteiger partial charge >= 0.3 is 5.25 Å². The molecule has 0 spiro atoms. The van der Waals surface area contributed by atoms with Gasteiger partial charge in [-0.05, 0) is 0 Å². The molecule has 1 nitrogen and oxygen atoms in total.